The highest BCUT2D eigenvalue weighted by Gasteiger charge is 2.76. The van der Waals surface area contributed by atoms with E-state index in [9.17, 15) is 23.2 Å². The smallest absolute Gasteiger partial charge is 0.412 e. The number of allylic oxidation sites excluding steroid dienone is 1. The van der Waals surface area contributed by atoms with Crippen molar-refractivity contribution < 1.29 is 32.6 Å². The van der Waals surface area contributed by atoms with Gasteiger partial charge in [0.25, 0.3) is 5.92 Å². The van der Waals surface area contributed by atoms with Gasteiger partial charge in [-0.1, -0.05) is 41.9 Å². The number of amides is 2. The molecule has 0 aliphatic heterocycles. The summed E-state index contributed by atoms with van der Waals surface area (Å²) in [6, 6.07) is 12.8. The number of aliphatic imine (C=N–C) groups is 1. The Kier molecular flexibility index (Phi) is 8.49. The molecule has 0 saturated heterocycles. The van der Waals surface area contributed by atoms with Crippen molar-refractivity contribution in [1.29, 1.82) is 0 Å². The molecule has 2 aromatic rings. The van der Waals surface area contributed by atoms with E-state index in [2.05, 4.69) is 20.4 Å². The summed E-state index contributed by atoms with van der Waals surface area (Å²) < 4.78 is 37.4. The molecule has 37 heavy (non-hydrogen) atoms. The summed E-state index contributed by atoms with van der Waals surface area (Å²) in [5.41, 5.74) is 7.76. The van der Waals surface area contributed by atoms with E-state index in [0.717, 1.165) is 7.11 Å². The van der Waals surface area contributed by atoms with Crippen molar-refractivity contribution in [2.24, 2.45) is 22.6 Å². The Balaban J connectivity index is 1.69. The third-order valence-corrected chi connectivity index (χ3v) is 6.01. The van der Waals surface area contributed by atoms with Gasteiger partial charge in [-0.3, -0.25) is 19.9 Å². The van der Waals surface area contributed by atoms with Gasteiger partial charge in [-0.15, -0.1) is 0 Å². The van der Waals surface area contributed by atoms with Crippen LogP contribution in [0.4, 0.5) is 19.3 Å². The Morgan fingerprint density at radius 2 is 1.78 bits per heavy atom. The number of hydrogen-bond donors (Lipinski definition) is 3. The first-order chi connectivity index (χ1) is 17.5. The van der Waals surface area contributed by atoms with Crippen molar-refractivity contribution in [3.05, 3.63) is 70.4 Å². The zero-order valence-electron chi connectivity index (χ0n) is 20.1. The van der Waals surface area contributed by atoms with Crippen LogP contribution in [0.15, 0.2) is 59.2 Å². The number of carbonyl (C=O) groups is 3. The van der Waals surface area contributed by atoms with Crippen molar-refractivity contribution in [3.8, 4) is 0 Å². The standard InChI is InChI=1S/C25H25ClF2N4O5/c1-13(16-6-4-5-7-17(16)26)37-24(35)32-18(12-30-2)21(29)14-8-10-15(11-9-14)31-22(33)19-20(23(34)36-3)25(19,27)28/h4-13,19-20H,29H2,1-3H3,(H,31,33)(H,32,35)/b21-18+,30-12?/t13-,19+,20+/m1/s1. The lowest BCUT2D eigenvalue weighted by atomic mass is 10.1. The topological polar surface area (TPSA) is 132 Å². The lowest BCUT2D eigenvalue weighted by Gasteiger charge is -2.16. The Bertz CT molecular complexity index is 1250. The third-order valence-electron chi connectivity index (χ3n) is 5.67. The molecule has 9 nitrogen and oxygen atoms in total. The van der Waals surface area contributed by atoms with Crippen molar-refractivity contribution in [3.63, 3.8) is 0 Å². The molecule has 4 N–H and O–H groups in total. The fourth-order valence-electron chi connectivity index (χ4n) is 3.65. The van der Waals surface area contributed by atoms with Gasteiger partial charge in [-0.05, 0) is 30.7 Å². The van der Waals surface area contributed by atoms with E-state index in [1.165, 1.54) is 37.5 Å². The highest BCUT2D eigenvalue weighted by Crippen LogP contribution is 2.56. The van der Waals surface area contributed by atoms with Gasteiger partial charge in [-0.25, -0.2) is 13.6 Å². The molecule has 0 aromatic heterocycles. The number of alkyl halides is 2. The Morgan fingerprint density at radius 1 is 1.14 bits per heavy atom. The number of methoxy groups -OCH3 is 1. The number of hydrogen-bond acceptors (Lipinski definition) is 7. The molecule has 0 spiro atoms. The third kappa shape index (κ3) is 6.23. The summed E-state index contributed by atoms with van der Waals surface area (Å²) in [5.74, 6) is -9.23. The second kappa shape index (κ2) is 11.4. The number of nitrogens with two attached hydrogens (primary N) is 1. The molecule has 0 heterocycles. The van der Waals surface area contributed by atoms with Crippen molar-refractivity contribution in [1.82, 2.24) is 5.32 Å². The average molecular weight is 535 g/mol. The molecule has 1 fully saturated rings. The normalized spacial score (nSPS) is 19.4. The second-order valence-corrected chi connectivity index (χ2v) is 8.54. The summed E-state index contributed by atoms with van der Waals surface area (Å²) in [6.45, 7) is 1.67. The van der Waals surface area contributed by atoms with Crippen molar-refractivity contribution >= 4 is 47.2 Å². The summed E-state index contributed by atoms with van der Waals surface area (Å²) >= 11 is 6.15. The van der Waals surface area contributed by atoms with Crippen LogP contribution in [0.1, 0.15) is 24.2 Å². The highest BCUT2D eigenvalue weighted by molar-refractivity contribution is 6.31. The monoisotopic (exact) mass is 534 g/mol. The molecule has 0 unspecified atom stereocenters. The van der Waals surface area contributed by atoms with Gasteiger partial charge in [-0.2, -0.15) is 0 Å². The summed E-state index contributed by atoms with van der Waals surface area (Å²) in [6.07, 6.45) is -0.107. The fourth-order valence-corrected chi connectivity index (χ4v) is 3.94. The number of halogens is 3. The van der Waals surface area contributed by atoms with E-state index in [1.807, 2.05) is 0 Å². The molecule has 3 atom stereocenters. The van der Waals surface area contributed by atoms with Crippen molar-refractivity contribution in [2.45, 2.75) is 19.0 Å². The highest BCUT2D eigenvalue weighted by atomic mass is 35.5. The van der Waals surface area contributed by atoms with Gasteiger partial charge in [0.2, 0.25) is 5.91 Å². The number of alkyl carbamates (subject to hydrolysis) is 1. The fraction of sp³-hybridized carbons (Fsp3) is 0.280. The molecule has 0 bridgehead atoms. The predicted octanol–water partition coefficient (Wildman–Crippen LogP) is 4.15. The van der Waals surface area contributed by atoms with Gasteiger partial charge in [0.1, 0.15) is 17.9 Å². The van der Waals surface area contributed by atoms with Crippen LogP contribution in [0.5, 0.6) is 0 Å². The number of esters is 1. The summed E-state index contributed by atoms with van der Waals surface area (Å²) in [7, 11) is 2.47. The van der Waals surface area contributed by atoms with Crippen LogP contribution < -0.4 is 16.4 Å². The maximum Gasteiger partial charge on any atom is 0.412 e. The molecular formula is C25H25ClF2N4O5. The lowest BCUT2D eigenvalue weighted by molar-refractivity contribution is -0.144. The lowest BCUT2D eigenvalue weighted by Crippen LogP contribution is -2.28. The number of anilines is 1. The van der Waals surface area contributed by atoms with Crippen molar-refractivity contribution in [2.75, 3.05) is 19.5 Å². The minimum Gasteiger partial charge on any atom is -0.469 e. The van der Waals surface area contributed by atoms with E-state index in [0.29, 0.717) is 16.1 Å². The molecule has 3 rings (SSSR count). The van der Waals surface area contributed by atoms with Crippen LogP contribution in [0, 0.1) is 11.8 Å². The zero-order chi connectivity index (χ0) is 27.3. The second-order valence-electron chi connectivity index (χ2n) is 8.13. The van der Waals surface area contributed by atoms with Crippen LogP contribution in [-0.4, -0.2) is 44.3 Å². The molecule has 2 aromatic carbocycles. The maximum atomic E-state index is 13.8. The number of nitrogens with zero attached hydrogens (tertiary/aromatic N) is 1. The van der Waals surface area contributed by atoms with Gasteiger partial charge >= 0.3 is 12.1 Å². The number of nitrogens with one attached hydrogen (secondary N) is 2. The molecule has 0 radical (unpaired) electrons. The first kappa shape index (κ1) is 27.6. The van der Waals surface area contributed by atoms with Crippen LogP contribution in [0.2, 0.25) is 5.02 Å². The minimum absolute atomic E-state index is 0.130. The molecule has 196 valence electrons. The molecule has 1 saturated carbocycles. The quantitative estimate of drug-likeness (QED) is 0.344. The first-order valence-corrected chi connectivity index (χ1v) is 11.4. The average Bonchev–Trinajstić information content (AvgIpc) is 3.45. The number of benzene rings is 2. The van der Waals surface area contributed by atoms with Gasteiger partial charge in [0.05, 0.1) is 18.5 Å². The van der Waals surface area contributed by atoms with E-state index in [4.69, 9.17) is 22.1 Å². The van der Waals surface area contributed by atoms with Crippen LogP contribution in [-0.2, 0) is 19.1 Å². The van der Waals surface area contributed by atoms with E-state index >= 15 is 0 Å². The molecule has 1 aliphatic carbocycles. The van der Waals surface area contributed by atoms with E-state index < -0.39 is 41.8 Å². The maximum absolute atomic E-state index is 13.8. The van der Waals surface area contributed by atoms with E-state index in [1.54, 1.807) is 31.2 Å². The number of carbonyl (C=O) groups excluding carboxylic acids is 3. The number of rotatable bonds is 8. The Labute approximate surface area is 216 Å². The Morgan fingerprint density at radius 3 is 2.38 bits per heavy atom. The molecule has 2 amide bonds. The predicted molar refractivity (Wildman–Crippen MR) is 134 cm³/mol. The number of ether oxygens (including phenoxy) is 2. The van der Waals surface area contributed by atoms with Gasteiger partial charge in [0, 0.05) is 29.5 Å². The SMILES string of the molecule is CN=C/C(NC(=O)O[C@H](C)c1ccccc1Cl)=C(\N)c1ccc(NC(=O)[C@@H]2[C@@H](C(=O)OC)C2(F)F)cc1. The summed E-state index contributed by atoms with van der Waals surface area (Å²) in [5, 5.41) is 5.34. The van der Waals surface area contributed by atoms with E-state index in [-0.39, 0.29) is 17.1 Å². The van der Waals surface area contributed by atoms with Crippen LogP contribution >= 0.6 is 11.6 Å². The summed E-state index contributed by atoms with van der Waals surface area (Å²) in [4.78, 5) is 40.1. The molecule has 12 heteroatoms. The largest absolute Gasteiger partial charge is 0.469 e. The Hall–Kier alpha value is -3.99. The van der Waals surface area contributed by atoms with Gasteiger partial charge < -0.3 is 20.5 Å². The molecular weight excluding hydrogens is 510 g/mol. The van der Waals surface area contributed by atoms with Crippen LogP contribution in [0.25, 0.3) is 5.70 Å². The van der Waals surface area contributed by atoms with Crippen LogP contribution in [0.3, 0.4) is 0 Å². The zero-order valence-corrected chi connectivity index (χ0v) is 20.9. The van der Waals surface area contributed by atoms with Gasteiger partial charge in [0.15, 0.2) is 0 Å². The first-order valence-electron chi connectivity index (χ1n) is 11.0. The molecule has 1 aliphatic rings. The minimum atomic E-state index is -3.47.